The highest BCUT2D eigenvalue weighted by atomic mass is 16.5. The first-order valence-electron chi connectivity index (χ1n) is 8.88. The van der Waals surface area contributed by atoms with Crippen LogP contribution in [-0.4, -0.2) is 32.6 Å². The number of fused-ring (bicyclic) bond motifs is 1. The minimum absolute atomic E-state index is 0.126. The number of amides is 1. The van der Waals surface area contributed by atoms with Crippen LogP contribution < -0.4 is 25.2 Å². The molecule has 8 nitrogen and oxygen atoms in total. The fraction of sp³-hybridized carbons (Fsp3) is 0.136. The molecule has 0 fully saturated rings. The normalized spacial score (nSPS) is 10.3. The third-order valence-electron chi connectivity index (χ3n) is 4.19. The molecule has 0 aliphatic rings. The van der Waals surface area contributed by atoms with Gasteiger partial charge in [-0.2, -0.15) is 0 Å². The van der Waals surface area contributed by atoms with Gasteiger partial charge in [0, 0.05) is 18.0 Å². The molecule has 0 aliphatic carbocycles. The number of methoxy groups -OCH3 is 2. The number of nitrogens with one attached hydrogen (secondary N) is 1. The van der Waals surface area contributed by atoms with Crippen LogP contribution in [0.3, 0.4) is 0 Å². The molecule has 1 N–H and O–H groups in total. The van der Waals surface area contributed by atoms with Gasteiger partial charge in [0.25, 0.3) is 5.91 Å². The van der Waals surface area contributed by atoms with Crippen molar-refractivity contribution >= 4 is 22.8 Å². The molecule has 1 heterocycles. The number of carbonyl (C=O) groups excluding carboxylic acids is 2. The molecular weight excluding hydrogens is 390 g/mol. The molecule has 2 aromatic carbocycles. The van der Waals surface area contributed by atoms with Crippen LogP contribution >= 0.6 is 0 Å². The van der Waals surface area contributed by atoms with Gasteiger partial charge in [-0.15, -0.1) is 6.58 Å². The Morgan fingerprint density at radius 2 is 1.83 bits per heavy atom. The summed E-state index contributed by atoms with van der Waals surface area (Å²) in [6.45, 7) is 3.72. The van der Waals surface area contributed by atoms with Crippen LogP contribution in [0.5, 0.6) is 17.2 Å². The quantitative estimate of drug-likeness (QED) is 0.277. The van der Waals surface area contributed by atoms with Crippen molar-refractivity contribution in [2.24, 2.45) is 0 Å². The lowest BCUT2D eigenvalue weighted by Gasteiger charge is -2.10. The Kier molecular flexibility index (Phi) is 6.17. The van der Waals surface area contributed by atoms with E-state index in [-0.39, 0.29) is 29.0 Å². The second-order valence-electron chi connectivity index (χ2n) is 6.11. The second-order valence-corrected chi connectivity index (χ2v) is 6.11. The smallest absolute Gasteiger partial charge is 0.349 e. The van der Waals surface area contributed by atoms with Gasteiger partial charge in [-0.25, -0.2) is 9.59 Å². The summed E-state index contributed by atoms with van der Waals surface area (Å²) in [5.74, 6) is -0.143. The SMILES string of the molecule is C=CCNC(=O)c1cc2ccc(OC(=O)c3ccc(OC)c(OC)c3)cc2oc1=O. The van der Waals surface area contributed by atoms with E-state index in [2.05, 4.69) is 11.9 Å². The molecule has 3 rings (SSSR count). The van der Waals surface area contributed by atoms with Gasteiger partial charge < -0.3 is 23.9 Å². The zero-order valence-electron chi connectivity index (χ0n) is 16.4. The van der Waals surface area contributed by atoms with Crippen LogP contribution in [0.15, 0.2) is 64.3 Å². The van der Waals surface area contributed by atoms with E-state index in [0.717, 1.165) is 0 Å². The topological polar surface area (TPSA) is 104 Å². The zero-order chi connectivity index (χ0) is 21.7. The van der Waals surface area contributed by atoms with E-state index in [1.807, 2.05) is 0 Å². The summed E-state index contributed by atoms with van der Waals surface area (Å²) in [7, 11) is 2.96. The Morgan fingerprint density at radius 1 is 1.07 bits per heavy atom. The lowest BCUT2D eigenvalue weighted by atomic mass is 10.1. The predicted molar refractivity (Wildman–Crippen MR) is 110 cm³/mol. The number of hydrogen-bond acceptors (Lipinski definition) is 7. The molecule has 0 unspecified atom stereocenters. The van der Waals surface area contributed by atoms with E-state index >= 15 is 0 Å². The third kappa shape index (κ3) is 4.33. The molecule has 1 aromatic heterocycles. The van der Waals surface area contributed by atoms with Crippen molar-refractivity contribution in [3.63, 3.8) is 0 Å². The summed E-state index contributed by atoms with van der Waals surface area (Å²) in [5, 5.41) is 3.03. The summed E-state index contributed by atoms with van der Waals surface area (Å²) in [6.07, 6.45) is 1.50. The summed E-state index contributed by atoms with van der Waals surface area (Å²) >= 11 is 0. The molecule has 0 radical (unpaired) electrons. The van der Waals surface area contributed by atoms with Crippen molar-refractivity contribution in [2.45, 2.75) is 0 Å². The monoisotopic (exact) mass is 409 g/mol. The summed E-state index contributed by atoms with van der Waals surface area (Å²) < 4.78 is 20.9. The minimum atomic E-state index is -0.799. The van der Waals surface area contributed by atoms with Gasteiger partial charge in [-0.3, -0.25) is 4.79 Å². The van der Waals surface area contributed by atoms with Crippen molar-refractivity contribution in [1.29, 1.82) is 0 Å². The lowest BCUT2D eigenvalue weighted by Crippen LogP contribution is -2.28. The number of hydrogen-bond donors (Lipinski definition) is 1. The van der Waals surface area contributed by atoms with E-state index in [9.17, 15) is 14.4 Å². The summed E-state index contributed by atoms with van der Waals surface area (Å²) in [5.41, 5.74) is -0.492. The van der Waals surface area contributed by atoms with Crippen LogP contribution in [-0.2, 0) is 0 Å². The molecule has 1 amide bonds. The highest BCUT2D eigenvalue weighted by Crippen LogP contribution is 2.28. The molecule has 0 bridgehead atoms. The Bertz CT molecular complexity index is 1180. The van der Waals surface area contributed by atoms with Crippen LogP contribution in [0.1, 0.15) is 20.7 Å². The molecule has 30 heavy (non-hydrogen) atoms. The molecule has 8 heteroatoms. The second kappa shape index (κ2) is 8.95. The number of carbonyl (C=O) groups is 2. The van der Waals surface area contributed by atoms with E-state index in [1.54, 1.807) is 18.2 Å². The Balaban J connectivity index is 1.85. The predicted octanol–water partition coefficient (Wildman–Crippen LogP) is 2.95. The minimum Gasteiger partial charge on any atom is -0.493 e. The van der Waals surface area contributed by atoms with E-state index < -0.39 is 17.5 Å². The first kappa shape index (κ1) is 20.7. The molecule has 0 spiro atoms. The standard InChI is InChI=1S/C22H19NO7/c1-4-9-23-20(24)16-10-13-5-7-15(12-18(13)30-22(16)26)29-21(25)14-6-8-17(27-2)19(11-14)28-3/h4-8,10-12H,1,9H2,2-3H3,(H,23,24). The van der Waals surface area contributed by atoms with Gasteiger partial charge in [-0.05, 0) is 36.4 Å². The Morgan fingerprint density at radius 3 is 2.53 bits per heavy atom. The molecule has 0 atom stereocenters. The van der Waals surface area contributed by atoms with Gasteiger partial charge in [0.2, 0.25) is 0 Å². The van der Waals surface area contributed by atoms with Gasteiger partial charge in [0.1, 0.15) is 16.9 Å². The van der Waals surface area contributed by atoms with E-state index in [1.165, 1.54) is 44.6 Å². The molecule has 154 valence electrons. The van der Waals surface area contributed by atoms with Crippen molar-refractivity contribution in [3.8, 4) is 17.2 Å². The molecule has 0 aliphatic heterocycles. The maximum atomic E-state index is 12.5. The third-order valence-corrected chi connectivity index (χ3v) is 4.19. The van der Waals surface area contributed by atoms with E-state index in [0.29, 0.717) is 16.9 Å². The van der Waals surface area contributed by atoms with Gasteiger partial charge in [0.15, 0.2) is 11.5 Å². The van der Waals surface area contributed by atoms with Crippen LogP contribution in [0.2, 0.25) is 0 Å². The summed E-state index contributed by atoms with van der Waals surface area (Å²) in [4.78, 5) is 36.6. The highest BCUT2D eigenvalue weighted by molar-refractivity contribution is 5.97. The average Bonchev–Trinajstić information content (AvgIpc) is 2.76. The fourth-order valence-electron chi connectivity index (χ4n) is 2.70. The highest BCUT2D eigenvalue weighted by Gasteiger charge is 2.16. The molecule has 0 saturated heterocycles. The van der Waals surface area contributed by atoms with Crippen molar-refractivity contribution < 1.29 is 28.2 Å². The molecule has 3 aromatic rings. The van der Waals surface area contributed by atoms with Crippen molar-refractivity contribution in [1.82, 2.24) is 5.32 Å². The zero-order valence-corrected chi connectivity index (χ0v) is 16.4. The number of rotatable bonds is 7. The Labute approximate surface area is 171 Å². The van der Waals surface area contributed by atoms with Gasteiger partial charge >= 0.3 is 11.6 Å². The fourth-order valence-corrected chi connectivity index (χ4v) is 2.70. The van der Waals surface area contributed by atoms with Gasteiger partial charge in [-0.1, -0.05) is 6.08 Å². The average molecular weight is 409 g/mol. The number of benzene rings is 2. The van der Waals surface area contributed by atoms with Crippen molar-refractivity contribution in [3.05, 3.63) is 76.7 Å². The van der Waals surface area contributed by atoms with Gasteiger partial charge in [0.05, 0.1) is 19.8 Å². The van der Waals surface area contributed by atoms with Crippen LogP contribution in [0, 0.1) is 0 Å². The molecule has 0 saturated carbocycles. The van der Waals surface area contributed by atoms with Crippen LogP contribution in [0.4, 0.5) is 0 Å². The van der Waals surface area contributed by atoms with Crippen molar-refractivity contribution in [2.75, 3.05) is 20.8 Å². The number of ether oxygens (including phenoxy) is 3. The lowest BCUT2D eigenvalue weighted by molar-refractivity contribution is 0.0734. The largest absolute Gasteiger partial charge is 0.493 e. The Hall–Kier alpha value is -4.07. The van der Waals surface area contributed by atoms with E-state index in [4.69, 9.17) is 18.6 Å². The first-order valence-corrected chi connectivity index (χ1v) is 8.88. The molecular formula is C22H19NO7. The maximum absolute atomic E-state index is 12.5. The van der Waals surface area contributed by atoms with Crippen LogP contribution in [0.25, 0.3) is 11.0 Å². The first-order chi connectivity index (χ1) is 14.5. The maximum Gasteiger partial charge on any atom is 0.349 e. The summed E-state index contributed by atoms with van der Waals surface area (Å²) in [6, 6.07) is 10.6. The number of esters is 1.